The van der Waals surface area contributed by atoms with Crippen LogP contribution in [0.25, 0.3) is 0 Å². The first kappa shape index (κ1) is 19.7. The Morgan fingerprint density at radius 1 is 1.17 bits per heavy atom. The van der Waals surface area contributed by atoms with Gasteiger partial charge < -0.3 is 4.74 Å². The Kier molecular flexibility index (Phi) is 6.84. The second kappa shape index (κ2) is 7.98. The monoisotopic (exact) mass is 364 g/mol. The highest BCUT2D eigenvalue weighted by Crippen LogP contribution is 2.30. The maximum absolute atomic E-state index is 12.1. The van der Waals surface area contributed by atoms with Crippen molar-refractivity contribution in [1.29, 1.82) is 0 Å². The standard InChI is InChI=1S/C14H24N2O5S2/c1-5-23(19,20)15-10-11-16(22(4,17)18)13-8-6-7-9-14(13)21-12(2)3/h6-9,12,15H,5,10-11H2,1-4H3. The number of rotatable bonds is 9. The van der Waals surface area contributed by atoms with E-state index in [0.29, 0.717) is 11.4 Å². The number of nitrogens with one attached hydrogen (secondary N) is 1. The molecule has 0 saturated carbocycles. The van der Waals surface area contributed by atoms with Crippen molar-refractivity contribution in [3.05, 3.63) is 24.3 Å². The molecule has 0 fully saturated rings. The van der Waals surface area contributed by atoms with E-state index in [1.807, 2.05) is 13.8 Å². The van der Waals surface area contributed by atoms with Gasteiger partial charge in [-0.1, -0.05) is 12.1 Å². The van der Waals surface area contributed by atoms with Gasteiger partial charge in [-0.15, -0.1) is 0 Å². The highest BCUT2D eigenvalue weighted by molar-refractivity contribution is 7.92. The largest absolute Gasteiger partial charge is 0.489 e. The molecule has 0 aliphatic heterocycles. The lowest BCUT2D eigenvalue weighted by atomic mass is 10.3. The van der Waals surface area contributed by atoms with Gasteiger partial charge in [0.05, 0.1) is 23.8 Å². The molecule has 0 radical (unpaired) electrons. The molecule has 1 aromatic rings. The van der Waals surface area contributed by atoms with E-state index in [1.165, 1.54) is 6.92 Å². The van der Waals surface area contributed by atoms with Crippen LogP contribution in [0.4, 0.5) is 5.69 Å². The van der Waals surface area contributed by atoms with Crippen LogP contribution in [0.3, 0.4) is 0 Å². The summed E-state index contributed by atoms with van der Waals surface area (Å²) in [6.07, 6.45) is 0.962. The van der Waals surface area contributed by atoms with E-state index in [0.717, 1.165) is 10.6 Å². The van der Waals surface area contributed by atoms with Crippen molar-refractivity contribution in [3.8, 4) is 5.75 Å². The third-order valence-corrected chi connectivity index (χ3v) is 5.50. The maximum atomic E-state index is 12.1. The maximum Gasteiger partial charge on any atom is 0.232 e. The molecule has 0 bridgehead atoms. The molecule has 1 N–H and O–H groups in total. The van der Waals surface area contributed by atoms with Crippen molar-refractivity contribution in [2.75, 3.05) is 29.4 Å². The van der Waals surface area contributed by atoms with Crippen molar-refractivity contribution < 1.29 is 21.6 Å². The van der Waals surface area contributed by atoms with Crippen molar-refractivity contribution in [2.24, 2.45) is 0 Å². The average molecular weight is 364 g/mol. The minimum absolute atomic E-state index is 0.0146. The van der Waals surface area contributed by atoms with Crippen LogP contribution in [-0.4, -0.2) is 48.0 Å². The summed E-state index contributed by atoms with van der Waals surface area (Å²) in [5.74, 6) is 0.380. The Balaban J connectivity index is 3.05. The lowest BCUT2D eigenvalue weighted by molar-refractivity contribution is 0.243. The lowest BCUT2D eigenvalue weighted by Crippen LogP contribution is -2.38. The molecule has 0 aliphatic carbocycles. The molecule has 0 amide bonds. The fraction of sp³-hybridized carbons (Fsp3) is 0.571. The van der Waals surface area contributed by atoms with Crippen molar-refractivity contribution >= 4 is 25.7 Å². The Bertz CT molecular complexity index is 714. The predicted molar refractivity (Wildman–Crippen MR) is 91.9 cm³/mol. The van der Waals surface area contributed by atoms with Crippen LogP contribution >= 0.6 is 0 Å². The van der Waals surface area contributed by atoms with Gasteiger partial charge in [0.25, 0.3) is 0 Å². The first-order valence-corrected chi connectivity index (χ1v) is 10.8. The normalized spacial score (nSPS) is 12.4. The van der Waals surface area contributed by atoms with E-state index in [1.54, 1.807) is 24.3 Å². The van der Waals surface area contributed by atoms with E-state index >= 15 is 0 Å². The molecule has 0 atom stereocenters. The number of sulfonamides is 2. The summed E-state index contributed by atoms with van der Waals surface area (Å²) >= 11 is 0. The van der Waals surface area contributed by atoms with Crippen molar-refractivity contribution in [1.82, 2.24) is 4.72 Å². The van der Waals surface area contributed by atoms with E-state index in [4.69, 9.17) is 4.74 Å². The molecule has 0 heterocycles. The van der Waals surface area contributed by atoms with Crippen molar-refractivity contribution in [3.63, 3.8) is 0 Å². The van der Waals surface area contributed by atoms with Crippen LogP contribution in [0, 0.1) is 0 Å². The van der Waals surface area contributed by atoms with Crippen LogP contribution in [0.15, 0.2) is 24.3 Å². The Morgan fingerprint density at radius 3 is 2.30 bits per heavy atom. The van der Waals surface area contributed by atoms with E-state index < -0.39 is 20.0 Å². The zero-order valence-electron chi connectivity index (χ0n) is 13.8. The quantitative estimate of drug-likeness (QED) is 0.710. The Hall–Kier alpha value is -1.32. The van der Waals surface area contributed by atoms with Gasteiger partial charge in [-0.05, 0) is 32.9 Å². The lowest BCUT2D eigenvalue weighted by Gasteiger charge is -2.25. The second-order valence-corrected chi connectivity index (χ2v) is 9.27. The van der Waals surface area contributed by atoms with Gasteiger partial charge in [0.15, 0.2) is 0 Å². The number of anilines is 1. The molecule has 0 spiro atoms. The van der Waals surface area contributed by atoms with Crippen LogP contribution in [0.1, 0.15) is 20.8 Å². The summed E-state index contributed by atoms with van der Waals surface area (Å²) in [4.78, 5) is 0. The SMILES string of the molecule is CCS(=O)(=O)NCCN(c1ccccc1OC(C)C)S(C)(=O)=O. The number of benzene rings is 1. The van der Waals surface area contributed by atoms with E-state index in [9.17, 15) is 16.8 Å². The number of hydrogen-bond acceptors (Lipinski definition) is 5. The molecule has 0 saturated heterocycles. The molecular weight excluding hydrogens is 340 g/mol. The summed E-state index contributed by atoms with van der Waals surface area (Å²) in [6, 6.07) is 6.77. The summed E-state index contributed by atoms with van der Waals surface area (Å²) in [5.41, 5.74) is 0.388. The highest BCUT2D eigenvalue weighted by Gasteiger charge is 2.21. The summed E-state index contributed by atoms with van der Waals surface area (Å²) < 4.78 is 56.3. The molecule has 23 heavy (non-hydrogen) atoms. The summed E-state index contributed by atoms with van der Waals surface area (Å²) in [6.45, 7) is 5.17. The van der Waals surface area contributed by atoms with Crippen molar-refractivity contribution in [2.45, 2.75) is 26.9 Å². The van der Waals surface area contributed by atoms with E-state index in [-0.39, 0.29) is 24.9 Å². The number of hydrogen-bond donors (Lipinski definition) is 1. The molecule has 9 heteroatoms. The zero-order chi connectivity index (χ0) is 17.7. The Labute approximate surface area is 138 Å². The van der Waals surface area contributed by atoms with Crippen LogP contribution in [0.5, 0.6) is 5.75 Å². The predicted octanol–water partition coefficient (Wildman–Crippen LogP) is 1.18. The first-order chi connectivity index (χ1) is 10.6. The molecule has 1 aromatic carbocycles. The van der Waals surface area contributed by atoms with Gasteiger partial charge in [-0.25, -0.2) is 21.6 Å². The molecule has 0 unspecified atom stereocenters. The molecular formula is C14H24N2O5S2. The topological polar surface area (TPSA) is 92.8 Å². The average Bonchev–Trinajstić information content (AvgIpc) is 2.43. The zero-order valence-corrected chi connectivity index (χ0v) is 15.4. The molecule has 132 valence electrons. The Morgan fingerprint density at radius 2 is 1.78 bits per heavy atom. The minimum atomic E-state index is -3.58. The van der Waals surface area contributed by atoms with E-state index in [2.05, 4.69) is 4.72 Å². The van der Waals surface area contributed by atoms with Crippen LogP contribution < -0.4 is 13.8 Å². The smallest absolute Gasteiger partial charge is 0.232 e. The number of ether oxygens (including phenoxy) is 1. The third kappa shape index (κ3) is 6.36. The minimum Gasteiger partial charge on any atom is -0.489 e. The summed E-state index contributed by atoms with van der Waals surface area (Å²) in [5, 5.41) is 0. The van der Waals surface area contributed by atoms with Crippen LogP contribution in [-0.2, 0) is 20.0 Å². The number of para-hydroxylation sites is 2. The van der Waals surface area contributed by atoms with Gasteiger partial charge in [-0.3, -0.25) is 4.31 Å². The highest BCUT2D eigenvalue weighted by atomic mass is 32.2. The van der Waals surface area contributed by atoms with Gasteiger partial charge >= 0.3 is 0 Å². The fourth-order valence-electron chi connectivity index (χ4n) is 1.89. The van der Waals surface area contributed by atoms with Gasteiger partial charge in [-0.2, -0.15) is 0 Å². The van der Waals surface area contributed by atoms with Gasteiger partial charge in [0.1, 0.15) is 5.75 Å². The fourth-order valence-corrected chi connectivity index (χ4v) is 3.42. The molecule has 1 rings (SSSR count). The summed E-state index contributed by atoms with van der Waals surface area (Å²) in [7, 11) is -6.96. The molecule has 0 aliphatic rings. The molecule has 7 nitrogen and oxygen atoms in total. The second-order valence-electron chi connectivity index (χ2n) is 5.27. The molecule has 0 aromatic heterocycles. The van der Waals surface area contributed by atoms with Gasteiger partial charge in [0, 0.05) is 13.1 Å². The van der Waals surface area contributed by atoms with Gasteiger partial charge in [0.2, 0.25) is 20.0 Å². The van der Waals surface area contributed by atoms with Crippen LogP contribution in [0.2, 0.25) is 0 Å². The third-order valence-electron chi connectivity index (χ3n) is 2.91. The first-order valence-electron chi connectivity index (χ1n) is 7.27. The number of nitrogens with zero attached hydrogens (tertiary/aromatic N) is 1.